The fraction of sp³-hybridized carbons (Fsp3) is 0.433. The van der Waals surface area contributed by atoms with Crippen LogP contribution in [0.25, 0.3) is 0 Å². The molecule has 5 rings (SSSR count). The molecule has 2 aliphatic rings. The van der Waals surface area contributed by atoms with Crippen LogP contribution >= 0.6 is 0 Å². The van der Waals surface area contributed by atoms with Gasteiger partial charge in [0.1, 0.15) is 23.6 Å². The number of hydrogen-bond donors (Lipinski definition) is 2. The van der Waals surface area contributed by atoms with Gasteiger partial charge < -0.3 is 10.2 Å². The Labute approximate surface area is 255 Å². The van der Waals surface area contributed by atoms with E-state index in [-0.39, 0.29) is 36.0 Å². The number of carbonyl (C=O) groups excluding carboxylic acids is 1. The summed E-state index contributed by atoms with van der Waals surface area (Å²) in [4.78, 5) is 27.5. The second kappa shape index (κ2) is 12.6. The molecule has 1 aromatic heterocycles. The van der Waals surface area contributed by atoms with E-state index in [1.54, 1.807) is 6.20 Å². The van der Waals surface area contributed by atoms with Crippen LogP contribution in [0.3, 0.4) is 0 Å². The van der Waals surface area contributed by atoms with Crippen LogP contribution in [0.4, 0.5) is 41.1 Å². The molecule has 0 radical (unpaired) electrons. The van der Waals surface area contributed by atoms with Crippen LogP contribution < -0.4 is 19.8 Å². The van der Waals surface area contributed by atoms with Crippen LogP contribution in [0, 0.1) is 11.6 Å². The lowest BCUT2D eigenvalue weighted by Gasteiger charge is -2.38. The highest BCUT2D eigenvalue weighted by atomic mass is 32.2. The van der Waals surface area contributed by atoms with E-state index in [0.29, 0.717) is 35.7 Å². The summed E-state index contributed by atoms with van der Waals surface area (Å²) in [6, 6.07) is 7.76. The Hall–Kier alpha value is -3.91. The van der Waals surface area contributed by atoms with Crippen molar-refractivity contribution >= 4 is 39.2 Å². The molecule has 1 aliphatic heterocycles. The average Bonchev–Trinajstić information content (AvgIpc) is 2.94. The van der Waals surface area contributed by atoms with E-state index in [2.05, 4.69) is 20.0 Å². The number of alkyl halides is 1. The van der Waals surface area contributed by atoms with Crippen molar-refractivity contribution in [2.45, 2.75) is 69.7 Å². The molecule has 2 amide bonds. The Kier molecular flexibility index (Phi) is 9.02. The maximum atomic E-state index is 15.2. The summed E-state index contributed by atoms with van der Waals surface area (Å²) in [6.45, 7) is 3.72. The molecule has 3 aromatic rings. The first kappa shape index (κ1) is 31.5. The molecule has 2 heterocycles. The van der Waals surface area contributed by atoms with Gasteiger partial charge >= 0.3 is 6.03 Å². The smallest absolute Gasteiger partial charge is 0.330 e. The number of rotatable bonds is 9. The summed E-state index contributed by atoms with van der Waals surface area (Å²) in [5, 5.41) is 3.23. The Balaban J connectivity index is 1.32. The van der Waals surface area contributed by atoms with E-state index in [1.165, 1.54) is 34.1 Å². The third-order valence-electron chi connectivity index (χ3n) is 7.89. The normalized spacial score (nSPS) is 20.7. The minimum atomic E-state index is -4.00. The number of amides is 2. The molecule has 10 nitrogen and oxygen atoms in total. The van der Waals surface area contributed by atoms with Crippen molar-refractivity contribution in [2.24, 2.45) is 0 Å². The monoisotopic (exact) mass is 631 g/mol. The molecule has 1 aliphatic carbocycles. The molecular weight excluding hydrogens is 595 g/mol. The highest BCUT2D eigenvalue weighted by molar-refractivity contribution is 7.91. The first-order valence-corrected chi connectivity index (χ1v) is 16.0. The summed E-state index contributed by atoms with van der Waals surface area (Å²) >= 11 is 0. The summed E-state index contributed by atoms with van der Waals surface area (Å²) < 4.78 is 70.6. The highest BCUT2D eigenvalue weighted by Gasteiger charge is 2.36. The summed E-state index contributed by atoms with van der Waals surface area (Å²) in [6.07, 6.45) is 2.41. The minimum absolute atomic E-state index is 0.0627. The topological polar surface area (TPSA) is 111 Å². The van der Waals surface area contributed by atoms with Gasteiger partial charge in [0, 0.05) is 42.0 Å². The van der Waals surface area contributed by atoms with Crippen molar-refractivity contribution in [3.8, 4) is 0 Å². The minimum Gasteiger partial charge on any atom is -0.351 e. The van der Waals surface area contributed by atoms with Crippen LogP contribution in [0.15, 0.2) is 48.7 Å². The van der Waals surface area contributed by atoms with Gasteiger partial charge in [-0.3, -0.25) is 14.5 Å². The van der Waals surface area contributed by atoms with Crippen LogP contribution in [-0.4, -0.2) is 67.7 Å². The summed E-state index contributed by atoms with van der Waals surface area (Å²) in [5.74, 6) is -1.11. The lowest BCUT2D eigenvalue weighted by molar-refractivity contribution is 0.109. The summed E-state index contributed by atoms with van der Waals surface area (Å²) in [5.41, 5.74) is 0.911. The van der Waals surface area contributed by atoms with Crippen LogP contribution in [-0.2, 0) is 22.3 Å². The quantitative estimate of drug-likeness (QED) is 0.331. The Morgan fingerprint density at radius 2 is 1.82 bits per heavy atom. The van der Waals surface area contributed by atoms with Gasteiger partial charge in [-0.25, -0.2) is 31.4 Å². The highest BCUT2D eigenvalue weighted by Crippen LogP contribution is 2.34. The molecule has 0 unspecified atom stereocenters. The molecule has 2 aromatic carbocycles. The van der Waals surface area contributed by atoms with Crippen LogP contribution in [0.5, 0.6) is 0 Å². The maximum Gasteiger partial charge on any atom is 0.330 e. The molecule has 14 heteroatoms. The molecule has 1 saturated carbocycles. The van der Waals surface area contributed by atoms with Crippen molar-refractivity contribution in [1.29, 1.82) is 0 Å². The van der Waals surface area contributed by atoms with Crippen molar-refractivity contribution in [1.82, 2.24) is 14.9 Å². The average molecular weight is 632 g/mol. The van der Waals surface area contributed by atoms with E-state index in [4.69, 9.17) is 0 Å². The second-order valence-corrected chi connectivity index (χ2v) is 13.5. The predicted molar refractivity (Wildman–Crippen MR) is 164 cm³/mol. The van der Waals surface area contributed by atoms with Gasteiger partial charge in [-0.2, -0.15) is 4.98 Å². The Bertz CT molecular complexity index is 1620. The number of aromatic nitrogens is 2. The number of benzene rings is 2. The molecule has 3 atom stereocenters. The molecule has 1 fully saturated rings. The van der Waals surface area contributed by atoms with Gasteiger partial charge in [0.25, 0.3) is 0 Å². The van der Waals surface area contributed by atoms with E-state index in [1.807, 2.05) is 32.8 Å². The van der Waals surface area contributed by atoms with Crippen molar-refractivity contribution in [3.63, 3.8) is 0 Å². The fourth-order valence-corrected chi connectivity index (χ4v) is 6.87. The van der Waals surface area contributed by atoms with E-state index < -0.39 is 39.6 Å². The largest absolute Gasteiger partial charge is 0.351 e. The van der Waals surface area contributed by atoms with Crippen molar-refractivity contribution < 1.29 is 26.4 Å². The zero-order valence-corrected chi connectivity index (χ0v) is 25.8. The first-order valence-electron chi connectivity index (χ1n) is 14.4. The number of nitrogens with one attached hydrogen (secondary N) is 2. The van der Waals surface area contributed by atoms with Gasteiger partial charge in [-0.05, 0) is 76.7 Å². The number of carbonyl (C=O) groups is 1. The van der Waals surface area contributed by atoms with Gasteiger partial charge in [-0.15, -0.1) is 0 Å². The number of fused-ring (bicyclic) bond motifs is 1. The van der Waals surface area contributed by atoms with Crippen molar-refractivity contribution in [3.05, 3.63) is 71.4 Å². The lowest BCUT2D eigenvalue weighted by Crippen LogP contribution is -2.51. The zero-order valence-electron chi connectivity index (χ0n) is 25.0. The lowest BCUT2D eigenvalue weighted by atomic mass is 9.89. The standard InChI is InChI=1S/C30H36F3N7O3S/c1-18(2)40-28-20(15-34-29(36-28)35-22-9-12-27(38(3)4)25(33)13-22)16-39(30(40)41)23-10-11-26(24(32)14-23)37-44(42,43)17-19-5-7-21(31)8-6-19/h5-8,10-11,14-15,18,22,25,27,37H,9,12-13,16-17H2,1-4H3,(H,34,35,36)/t22-,25+,27-/m1/s1. The number of anilines is 4. The predicted octanol–water partition coefficient (Wildman–Crippen LogP) is 5.28. The van der Waals surface area contributed by atoms with E-state index in [0.717, 1.165) is 24.6 Å². The van der Waals surface area contributed by atoms with Gasteiger partial charge in [0.15, 0.2) is 0 Å². The number of sulfonamides is 1. The zero-order chi connectivity index (χ0) is 31.8. The van der Waals surface area contributed by atoms with E-state index >= 15 is 4.39 Å². The maximum absolute atomic E-state index is 15.2. The van der Waals surface area contributed by atoms with E-state index in [9.17, 15) is 22.0 Å². The molecular formula is C30H36F3N7O3S. The van der Waals surface area contributed by atoms with Gasteiger partial charge in [0.05, 0.1) is 18.0 Å². The third kappa shape index (κ3) is 6.91. The molecule has 0 saturated heterocycles. The third-order valence-corrected chi connectivity index (χ3v) is 9.13. The Morgan fingerprint density at radius 3 is 2.45 bits per heavy atom. The van der Waals surface area contributed by atoms with Gasteiger partial charge in [0.2, 0.25) is 16.0 Å². The van der Waals surface area contributed by atoms with Crippen molar-refractivity contribution in [2.75, 3.05) is 33.9 Å². The molecule has 2 N–H and O–H groups in total. The number of urea groups is 1. The molecule has 0 spiro atoms. The fourth-order valence-electron chi connectivity index (χ4n) is 5.67. The second-order valence-electron chi connectivity index (χ2n) is 11.7. The van der Waals surface area contributed by atoms with Gasteiger partial charge in [-0.1, -0.05) is 12.1 Å². The molecule has 0 bridgehead atoms. The Morgan fingerprint density at radius 1 is 1.09 bits per heavy atom. The number of nitrogens with zero attached hydrogens (tertiary/aromatic N) is 5. The summed E-state index contributed by atoms with van der Waals surface area (Å²) in [7, 11) is -0.252. The van der Waals surface area contributed by atoms with Crippen LogP contribution in [0.2, 0.25) is 0 Å². The number of hydrogen-bond acceptors (Lipinski definition) is 7. The first-order chi connectivity index (χ1) is 20.8. The molecule has 44 heavy (non-hydrogen) atoms. The number of halogens is 3. The molecule has 236 valence electrons. The van der Waals surface area contributed by atoms with Crippen LogP contribution in [0.1, 0.15) is 44.2 Å². The SMILES string of the molecule is CC(C)N1C(=O)N(c2ccc(NS(=O)(=O)Cc3ccc(F)cc3)c(F)c2)Cc2cnc(N[C@@H]3CC[C@@H](N(C)C)[C@@H](F)C3)nc21.